The zero-order valence-corrected chi connectivity index (χ0v) is 16.0. The molecule has 0 unspecified atom stereocenters. The van der Waals surface area contributed by atoms with Gasteiger partial charge in [-0.15, -0.1) is 0 Å². The summed E-state index contributed by atoms with van der Waals surface area (Å²) in [6.45, 7) is 1.92. The predicted octanol–water partition coefficient (Wildman–Crippen LogP) is 4.44. The Labute approximate surface area is 161 Å². The molecule has 1 aromatic heterocycles. The van der Waals surface area contributed by atoms with E-state index in [4.69, 9.17) is 16.1 Å². The third-order valence-corrected chi connectivity index (χ3v) is 4.51. The summed E-state index contributed by atoms with van der Waals surface area (Å²) in [5.74, 6) is -0.673. The van der Waals surface area contributed by atoms with Gasteiger partial charge < -0.3 is 14.7 Å². The van der Waals surface area contributed by atoms with E-state index >= 15 is 0 Å². The molecule has 0 bridgehead atoms. The summed E-state index contributed by atoms with van der Waals surface area (Å²) in [7, 11) is 3.92. The van der Waals surface area contributed by atoms with E-state index < -0.39 is 11.7 Å². The average Bonchev–Trinajstić information content (AvgIpc) is 3.01. The van der Waals surface area contributed by atoms with Crippen molar-refractivity contribution in [2.24, 2.45) is 0 Å². The molecule has 0 aliphatic carbocycles. The van der Waals surface area contributed by atoms with E-state index in [0.29, 0.717) is 12.3 Å². The molecule has 7 heteroatoms. The number of amides is 1. The van der Waals surface area contributed by atoms with Crippen molar-refractivity contribution in [3.05, 3.63) is 70.2 Å². The normalized spacial score (nSPS) is 10.7. The van der Waals surface area contributed by atoms with Gasteiger partial charge in [0.1, 0.15) is 22.8 Å². The molecular weight excluding hydrogens is 369 g/mol. The summed E-state index contributed by atoms with van der Waals surface area (Å²) in [5, 5.41) is 6.83. The molecule has 0 aliphatic rings. The highest BCUT2D eigenvalue weighted by atomic mass is 35.5. The van der Waals surface area contributed by atoms with E-state index in [1.165, 1.54) is 18.2 Å². The van der Waals surface area contributed by atoms with Gasteiger partial charge in [0.15, 0.2) is 0 Å². The van der Waals surface area contributed by atoms with Crippen LogP contribution in [-0.4, -0.2) is 25.2 Å². The number of nitrogens with one attached hydrogen (secondary N) is 1. The summed E-state index contributed by atoms with van der Waals surface area (Å²) in [5.41, 5.74) is 2.32. The standard InChI is InChI=1S/C20H19ClFN3O2/c1-12-17(19(24-27-12)18-15(21)5-4-6-16(18)22)20(26)23-11-13-7-9-14(10-8-13)25(2)3/h4-10H,11H2,1-3H3,(H,23,26). The molecule has 0 saturated heterocycles. The fourth-order valence-corrected chi connectivity index (χ4v) is 2.97. The van der Waals surface area contributed by atoms with Crippen LogP contribution in [0.25, 0.3) is 11.3 Å². The molecular formula is C20H19ClFN3O2. The first-order valence-corrected chi connectivity index (χ1v) is 8.71. The lowest BCUT2D eigenvalue weighted by Crippen LogP contribution is -2.23. The molecule has 0 radical (unpaired) electrons. The van der Waals surface area contributed by atoms with Crippen LogP contribution in [0.4, 0.5) is 10.1 Å². The first kappa shape index (κ1) is 18.9. The summed E-state index contributed by atoms with van der Waals surface area (Å²) in [6, 6.07) is 12.1. The van der Waals surface area contributed by atoms with Crippen LogP contribution in [-0.2, 0) is 6.54 Å². The Morgan fingerprint density at radius 1 is 1.22 bits per heavy atom. The fraction of sp³-hybridized carbons (Fsp3) is 0.200. The van der Waals surface area contributed by atoms with Crippen LogP contribution in [0.1, 0.15) is 21.7 Å². The molecule has 0 atom stereocenters. The second kappa shape index (κ2) is 7.80. The van der Waals surface area contributed by atoms with Crippen LogP contribution in [0.15, 0.2) is 47.0 Å². The molecule has 0 spiro atoms. The predicted molar refractivity (Wildman–Crippen MR) is 104 cm³/mol. The number of nitrogens with zero attached hydrogens (tertiary/aromatic N) is 2. The number of rotatable bonds is 5. The molecule has 3 rings (SSSR count). The van der Waals surface area contributed by atoms with E-state index in [-0.39, 0.29) is 21.8 Å². The lowest BCUT2D eigenvalue weighted by molar-refractivity contribution is 0.0950. The van der Waals surface area contributed by atoms with Crippen molar-refractivity contribution >= 4 is 23.2 Å². The molecule has 3 aromatic rings. The van der Waals surface area contributed by atoms with Gasteiger partial charge in [0.25, 0.3) is 5.91 Å². The molecule has 0 aliphatic heterocycles. The summed E-state index contributed by atoms with van der Waals surface area (Å²) in [4.78, 5) is 14.7. The molecule has 140 valence electrons. The molecule has 5 nitrogen and oxygen atoms in total. The number of aromatic nitrogens is 1. The van der Waals surface area contributed by atoms with Gasteiger partial charge in [-0.3, -0.25) is 4.79 Å². The van der Waals surface area contributed by atoms with Gasteiger partial charge in [-0.25, -0.2) is 4.39 Å². The van der Waals surface area contributed by atoms with E-state index in [0.717, 1.165) is 11.3 Å². The molecule has 1 amide bonds. The van der Waals surface area contributed by atoms with Gasteiger partial charge >= 0.3 is 0 Å². The van der Waals surface area contributed by atoms with E-state index in [2.05, 4.69) is 10.5 Å². The van der Waals surface area contributed by atoms with Crippen molar-refractivity contribution in [1.82, 2.24) is 10.5 Å². The van der Waals surface area contributed by atoms with Gasteiger partial charge in [-0.05, 0) is 36.8 Å². The number of anilines is 1. The summed E-state index contributed by atoms with van der Waals surface area (Å²) < 4.78 is 19.4. The van der Waals surface area contributed by atoms with Crippen LogP contribution in [0.3, 0.4) is 0 Å². The Morgan fingerprint density at radius 3 is 2.56 bits per heavy atom. The summed E-state index contributed by atoms with van der Waals surface area (Å²) in [6.07, 6.45) is 0. The van der Waals surface area contributed by atoms with Crippen molar-refractivity contribution in [3.63, 3.8) is 0 Å². The Balaban J connectivity index is 1.83. The minimum atomic E-state index is -0.566. The van der Waals surface area contributed by atoms with E-state index in [1.54, 1.807) is 6.92 Å². The molecule has 0 saturated carbocycles. The SMILES string of the molecule is Cc1onc(-c2c(F)cccc2Cl)c1C(=O)NCc1ccc(N(C)C)cc1. The van der Waals surface area contributed by atoms with Crippen molar-refractivity contribution in [3.8, 4) is 11.3 Å². The van der Waals surface area contributed by atoms with Crippen molar-refractivity contribution in [2.45, 2.75) is 13.5 Å². The van der Waals surface area contributed by atoms with Crippen LogP contribution in [0, 0.1) is 12.7 Å². The molecule has 1 N–H and O–H groups in total. The Kier molecular flexibility index (Phi) is 5.46. The minimum absolute atomic E-state index is 0.0523. The van der Waals surface area contributed by atoms with Gasteiger partial charge in [0.05, 0.1) is 10.6 Å². The molecule has 2 aromatic carbocycles. The molecule has 27 heavy (non-hydrogen) atoms. The third kappa shape index (κ3) is 3.95. The number of benzene rings is 2. The van der Waals surface area contributed by atoms with Gasteiger partial charge in [-0.2, -0.15) is 0 Å². The molecule has 1 heterocycles. The highest BCUT2D eigenvalue weighted by molar-refractivity contribution is 6.33. The van der Waals surface area contributed by atoms with Gasteiger partial charge in [-0.1, -0.05) is 35.0 Å². The zero-order chi connectivity index (χ0) is 19.6. The van der Waals surface area contributed by atoms with Crippen LogP contribution in [0.5, 0.6) is 0 Å². The van der Waals surface area contributed by atoms with E-state index in [9.17, 15) is 9.18 Å². The average molecular weight is 388 g/mol. The monoisotopic (exact) mass is 387 g/mol. The largest absolute Gasteiger partial charge is 0.378 e. The number of carbonyl (C=O) groups excluding carboxylic acids is 1. The van der Waals surface area contributed by atoms with Crippen molar-refractivity contribution in [2.75, 3.05) is 19.0 Å². The van der Waals surface area contributed by atoms with E-state index in [1.807, 2.05) is 43.3 Å². The number of hydrogen-bond donors (Lipinski definition) is 1. The zero-order valence-electron chi connectivity index (χ0n) is 15.2. The molecule has 0 fully saturated rings. The maximum Gasteiger partial charge on any atom is 0.257 e. The smallest absolute Gasteiger partial charge is 0.257 e. The number of hydrogen-bond acceptors (Lipinski definition) is 4. The maximum absolute atomic E-state index is 14.2. The second-order valence-corrected chi connectivity index (χ2v) is 6.71. The van der Waals surface area contributed by atoms with Crippen LogP contribution in [0.2, 0.25) is 5.02 Å². The Morgan fingerprint density at radius 2 is 1.93 bits per heavy atom. The topological polar surface area (TPSA) is 58.4 Å². The minimum Gasteiger partial charge on any atom is -0.378 e. The maximum atomic E-state index is 14.2. The van der Waals surface area contributed by atoms with Crippen molar-refractivity contribution in [1.29, 1.82) is 0 Å². The van der Waals surface area contributed by atoms with Gasteiger partial charge in [0, 0.05) is 26.3 Å². The van der Waals surface area contributed by atoms with Gasteiger partial charge in [0.2, 0.25) is 0 Å². The fourth-order valence-electron chi connectivity index (χ4n) is 2.72. The van der Waals surface area contributed by atoms with Crippen molar-refractivity contribution < 1.29 is 13.7 Å². The number of halogens is 2. The highest BCUT2D eigenvalue weighted by Gasteiger charge is 2.25. The second-order valence-electron chi connectivity index (χ2n) is 6.30. The number of aryl methyl sites for hydroxylation is 1. The summed E-state index contributed by atoms with van der Waals surface area (Å²) >= 11 is 6.11. The quantitative estimate of drug-likeness (QED) is 0.703. The third-order valence-electron chi connectivity index (χ3n) is 4.20. The lowest BCUT2D eigenvalue weighted by atomic mass is 10.0. The Bertz CT molecular complexity index is 948. The van der Waals surface area contributed by atoms with Crippen LogP contribution < -0.4 is 10.2 Å². The first-order chi connectivity index (χ1) is 12.9. The first-order valence-electron chi connectivity index (χ1n) is 8.33. The highest BCUT2D eigenvalue weighted by Crippen LogP contribution is 2.33. The lowest BCUT2D eigenvalue weighted by Gasteiger charge is -2.13. The number of carbonyl (C=O) groups is 1. The van der Waals surface area contributed by atoms with Crippen LogP contribution >= 0.6 is 11.6 Å². The Hall–Kier alpha value is -2.86.